The largest absolute Gasteiger partial charge is 0.445 e. The molecule has 1 fully saturated rings. The van der Waals surface area contributed by atoms with Crippen molar-refractivity contribution >= 4 is 23.5 Å². The lowest BCUT2D eigenvalue weighted by Gasteiger charge is -2.14. The lowest BCUT2D eigenvalue weighted by Crippen LogP contribution is -2.25. The van der Waals surface area contributed by atoms with Gasteiger partial charge in [0.25, 0.3) is 5.91 Å². The van der Waals surface area contributed by atoms with E-state index < -0.39 is 23.5 Å². The fourth-order valence-electron chi connectivity index (χ4n) is 1.88. The van der Waals surface area contributed by atoms with Crippen molar-refractivity contribution in [2.24, 2.45) is 0 Å². The number of nitrogens with one attached hydrogen (secondary N) is 1. The first-order chi connectivity index (χ1) is 10.2. The molecule has 22 heavy (non-hydrogen) atoms. The zero-order valence-corrected chi connectivity index (χ0v) is 13.1. The van der Waals surface area contributed by atoms with Gasteiger partial charge in [0.05, 0.1) is 10.6 Å². The van der Waals surface area contributed by atoms with Crippen LogP contribution < -0.4 is 5.32 Å². The van der Waals surface area contributed by atoms with Gasteiger partial charge in [0.15, 0.2) is 0 Å². The molecule has 1 amide bonds. The van der Waals surface area contributed by atoms with Crippen molar-refractivity contribution < 1.29 is 23.5 Å². The van der Waals surface area contributed by atoms with Crippen molar-refractivity contribution in [3.05, 3.63) is 45.9 Å². The van der Waals surface area contributed by atoms with Gasteiger partial charge in [-0.15, -0.1) is 0 Å². The van der Waals surface area contributed by atoms with Crippen molar-refractivity contribution in [2.75, 3.05) is 0 Å². The summed E-state index contributed by atoms with van der Waals surface area (Å²) in [6.45, 7) is 4.69. The summed E-state index contributed by atoms with van der Waals surface area (Å²) in [6, 6.07) is 4.23. The molecule has 0 radical (unpaired) electrons. The Hall–Kier alpha value is -2.08. The van der Waals surface area contributed by atoms with Crippen LogP contribution in [0.5, 0.6) is 0 Å². The molecule has 1 aromatic carbocycles. The number of esters is 1. The maximum absolute atomic E-state index is 13.3. The van der Waals surface area contributed by atoms with Gasteiger partial charge < -0.3 is 14.8 Å². The summed E-state index contributed by atoms with van der Waals surface area (Å²) in [5, 5.41) is 2.59. The number of carbonyl (C=O) groups is 2. The number of rotatable bonds is 3. The third-order valence-electron chi connectivity index (χ3n) is 2.99. The number of ether oxygens (including phenoxy) is 2. The molecule has 1 aromatic rings. The van der Waals surface area contributed by atoms with Crippen LogP contribution in [0.25, 0.3) is 0 Å². The maximum Gasteiger partial charge on any atom is 0.377 e. The second-order valence-corrected chi connectivity index (χ2v) is 5.68. The molecule has 1 aliphatic rings. The predicted molar refractivity (Wildman–Crippen MR) is 77.2 cm³/mol. The number of benzene rings is 1. The van der Waals surface area contributed by atoms with Crippen molar-refractivity contribution in [1.82, 2.24) is 5.32 Å². The summed E-state index contributed by atoms with van der Waals surface area (Å²) < 4.78 is 23.6. The van der Waals surface area contributed by atoms with Gasteiger partial charge in [-0.05, 0) is 24.6 Å². The molecule has 1 N–H and O–H groups in total. The Kier molecular flexibility index (Phi) is 4.42. The Morgan fingerprint density at radius 2 is 2.05 bits per heavy atom. The van der Waals surface area contributed by atoms with Gasteiger partial charge in [-0.1, -0.05) is 17.7 Å². The van der Waals surface area contributed by atoms with Gasteiger partial charge in [-0.3, -0.25) is 4.79 Å². The zero-order chi connectivity index (χ0) is 16.5. The van der Waals surface area contributed by atoms with Gasteiger partial charge >= 0.3 is 5.97 Å². The quantitative estimate of drug-likeness (QED) is 0.685. The van der Waals surface area contributed by atoms with Crippen LogP contribution in [0.3, 0.4) is 0 Å². The third-order valence-corrected chi connectivity index (χ3v) is 3.30. The molecule has 1 aliphatic heterocycles. The monoisotopic (exact) mass is 327 g/mol. The van der Waals surface area contributed by atoms with Crippen LogP contribution >= 0.6 is 11.6 Å². The standard InChI is InChI=1S/C15H15ClFNO4/c1-8(12-14(20)22-15(2,3)21-12)13(19)18-7-9-4-5-10(16)11(17)6-9/h4-6H,7H2,1-3H3,(H,18,19). The highest BCUT2D eigenvalue weighted by molar-refractivity contribution is 6.30. The summed E-state index contributed by atoms with van der Waals surface area (Å²) >= 11 is 5.58. The normalized spacial score (nSPS) is 18.5. The van der Waals surface area contributed by atoms with E-state index >= 15 is 0 Å². The van der Waals surface area contributed by atoms with Crippen molar-refractivity contribution in [1.29, 1.82) is 0 Å². The van der Waals surface area contributed by atoms with Gasteiger partial charge in [-0.25, -0.2) is 9.18 Å². The number of amides is 1. The zero-order valence-electron chi connectivity index (χ0n) is 12.3. The summed E-state index contributed by atoms with van der Waals surface area (Å²) in [4.78, 5) is 23.7. The molecule has 118 valence electrons. The molecular weight excluding hydrogens is 313 g/mol. The Labute approximate surface area is 132 Å². The van der Waals surface area contributed by atoms with E-state index in [1.54, 1.807) is 19.9 Å². The number of halogens is 2. The van der Waals surface area contributed by atoms with E-state index in [0.717, 1.165) is 0 Å². The lowest BCUT2D eigenvalue weighted by molar-refractivity contribution is -0.159. The average molecular weight is 328 g/mol. The SMILES string of the molecule is CC(C(=O)NCc1ccc(Cl)c(F)c1)=C1OC(C)(C)OC1=O. The molecule has 2 rings (SSSR count). The second kappa shape index (κ2) is 5.96. The summed E-state index contributed by atoms with van der Waals surface area (Å²) in [5.41, 5.74) is 0.647. The van der Waals surface area contributed by atoms with E-state index in [-0.39, 0.29) is 22.9 Å². The van der Waals surface area contributed by atoms with E-state index in [4.69, 9.17) is 21.1 Å². The van der Waals surface area contributed by atoms with Crippen molar-refractivity contribution in [2.45, 2.75) is 33.1 Å². The summed E-state index contributed by atoms with van der Waals surface area (Å²) in [5.74, 6) is -2.96. The molecule has 0 saturated carbocycles. The minimum atomic E-state index is -1.09. The van der Waals surface area contributed by atoms with Crippen molar-refractivity contribution in [3.63, 3.8) is 0 Å². The molecule has 0 aliphatic carbocycles. The second-order valence-electron chi connectivity index (χ2n) is 5.28. The van der Waals surface area contributed by atoms with E-state index in [0.29, 0.717) is 5.56 Å². The topological polar surface area (TPSA) is 64.6 Å². The fourth-order valence-corrected chi connectivity index (χ4v) is 1.99. The summed E-state index contributed by atoms with van der Waals surface area (Å²) in [6.07, 6.45) is 0. The van der Waals surface area contributed by atoms with E-state index in [2.05, 4.69) is 5.32 Å². The maximum atomic E-state index is 13.3. The first kappa shape index (κ1) is 16.3. The first-order valence-electron chi connectivity index (χ1n) is 6.55. The number of hydrogen-bond acceptors (Lipinski definition) is 4. The van der Waals surface area contributed by atoms with E-state index in [1.807, 2.05) is 0 Å². The van der Waals surface area contributed by atoms with Crippen LogP contribution in [0.15, 0.2) is 29.5 Å². The highest BCUT2D eigenvalue weighted by atomic mass is 35.5. The van der Waals surface area contributed by atoms with Gasteiger partial charge in [0.1, 0.15) is 5.82 Å². The molecular formula is C15H15ClFNO4. The molecule has 0 unspecified atom stereocenters. The fraction of sp³-hybridized carbons (Fsp3) is 0.333. The minimum absolute atomic E-state index is 0.0118. The van der Waals surface area contributed by atoms with E-state index in [9.17, 15) is 14.0 Å². The third kappa shape index (κ3) is 3.57. The van der Waals surface area contributed by atoms with Crippen LogP contribution in [0.1, 0.15) is 26.3 Å². The molecule has 0 atom stereocenters. The summed E-state index contributed by atoms with van der Waals surface area (Å²) in [7, 11) is 0. The van der Waals surface area contributed by atoms with Crippen LogP contribution in [0, 0.1) is 5.82 Å². The highest BCUT2D eigenvalue weighted by Crippen LogP contribution is 2.28. The smallest absolute Gasteiger partial charge is 0.377 e. The van der Waals surface area contributed by atoms with Gasteiger partial charge in [0, 0.05) is 20.4 Å². The molecule has 0 spiro atoms. The number of hydrogen-bond donors (Lipinski definition) is 1. The molecule has 7 heteroatoms. The molecule has 5 nitrogen and oxygen atoms in total. The predicted octanol–water partition coefficient (Wildman–Crippen LogP) is 2.68. The Morgan fingerprint density at radius 1 is 1.36 bits per heavy atom. The minimum Gasteiger partial charge on any atom is -0.445 e. The van der Waals surface area contributed by atoms with Crippen molar-refractivity contribution in [3.8, 4) is 0 Å². The highest BCUT2D eigenvalue weighted by Gasteiger charge is 2.39. The Morgan fingerprint density at radius 3 is 2.59 bits per heavy atom. The Balaban J connectivity index is 2.06. The number of carbonyl (C=O) groups excluding carboxylic acids is 2. The number of cyclic esters (lactones) is 1. The first-order valence-corrected chi connectivity index (χ1v) is 6.93. The molecule has 1 heterocycles. The van der Waals surface area contributed by atoms with Crippen LogP contribution in [0.2, 0.25) is 5.02 Å². The van der Waals surface area contributed by atoms with Gasteiger partial charge in [0.2, 0.25) is 11.5 Å². The average Bonchev–Trinajstić information content (AvgIpc) is 2.72. The molecule has 0 bridgehead atoms. The van der Waals surface area contributed by atoms with Crippen LogP contribution in [0.4, 0.5) is 4.39 Å². The molecule has 1 saturated heterocycles. The van der Waals surface area contributed by atoms with E-state index in [1.165, 1.54) is 19.1 Å². The van der Waals surface area contributed by atoms with Gasteiger partial charge in [-0.2, -0.15) is 0 Å². The molecule has 0 aromatic heterocycles. The lowest BCUT2D eigenvalue weighted by atomic mass is 10.2. The Bertz CT molecular complexity index is 670. The van der Waals surface area contributed by atoms with Crippen LogP contribution in [-0.4, -0.2) is 17.7 Å². The van der Waals surface area contributed by atoms with Crippen LogP contribution in [-0.2, 0) is 25.6 Å².